The molecule has 1 aliphatic heterocycles. The average molecular weight is 606 g/mol. The van der Waals surface area contributed by atoms with Gasteiger partial charge >= 0.3 is 0 Å². The van der Waals surface area contributed by atoms with Crippen molar-refractivity contribution < 1.29 is 12.8 Å². The summed E-state index contributed by atoms with van der Waals surface area (Å²) in [5.74, 6) is -0.223. The predicted molar refractivity (Wildman–Crippen MR) is 177 cm³/mol. The molecule has 1 heterocycles. The SMILES string of the molecule is CCCCCCC1=C(c2ccccc2)C(c2ccccc2)CC2=C1N(S(=O)(=O)c1ccc(C)cc1)C(c1ccc(F)cc1)C2. The highest BCUT2D eigenvalue weighted by Gasteiger charge is 2.46. The van der Waals surface area contributed by atoms with Crippen molar-refractivity contribution in [3.8, 4) is 0 Å². The normalized spacial score (nSPS) is 18.6. The van der Waals surface area contributed by atoms with E-state index in [4.69, 9.17) is 0 Å². The second kappa shape index (κ2) is 13.0. The first-order valence-electron chi connectivity index (χ1n) is 15.8. The largest absolute Gasteiger partial charge is 0.264 e. The maximum absolute atomic E-state index is 14.8. The molecule has 0 spiro atoms. The lowest BCUT2D eigenvalue weighted by atomic mass is 9.74. The predicted octanol–water partition coefficient (Wildman–Crippen LogP) is 10.1. The monoisotopic (exact) mass is 605 g/mol. The zero-order chi connectivity index (χ0) is 30.7. The number of benzene rings is 4. The van der Waals surface area contributed by atoms with Crippen molar-refractivity contribution in [2.45, 2.75) is 75.6 Å². The van der Waals surface area contributed by atoms with Crippen LogP contribution < -0.4 is 0 Å². The highest BCUT2D eigenvalue weighted by molar-refractivity contribution is 7.89. The molecule has 5 heteroatoms. The molecule has 226 valence electrons. The van der Waals surface area contributed by atoms with Crippen LogP contribution in [0.25, 0.3) is 5.57 Å². The van der Waals surface area contributed by atoms with Crippen LogP contribution in [0.15, 0.2) is 131 Å². The second-order valence-electron chi connectivity index (χ2n) is 12.1. The highest BCUT2D eigenvalue weighted by atomic mass is 32.2. The number of allylic oxidation sites excluding steroid dienone is 2. The minimum Gasteiger partial charge on any atom is -0.258 e. The molecule has 2 aliphatic rings. The molecule has 4 aromatic rings. The number of halogens is 1. The smallest absolute Gasteiger partial charge is 0.258 e. The summed E-state index contributed by atoms with van der Waals surface area (Å²) in [5, 5.41) is 0. The second-order valence-corrected chi connectivity index (χ2v) is 13.9. The Kier molecular flexibility index (Phi) is 8.86. The minimum atomic E-state index is -3.94. The molecule has 0 bridgehead atoms. The van der Waals surface area contributed by atoms with E-state index in [1.807, 2.05) is 31.2 Å². The molecule has 0 amide bonds. The molecule has 3 nitrogen and oxygen atoms in total. The molecule has 0 N–H and O–H groups in total. The van der Waals surface area contributed by atoms with Crippen LogP contribution in [0.1, 0.15) is 86.1 Å². The van der Waals surface area contributed by atoms with Crippen LogP contribution >= 0.6 is 0 Å². The highest BCUT2D eigenvalue weighted by Crippen LogP contribution is 2.56. The summed E-state index contributed by atoms with van der Waals surface area (Å²) < 4.78 is 45.3. The number of sulfonamides is 1. The lowest BCUT2D eigenvalue weighted by Gasteiger charge is -2.35. The van der Waals surface area contributed by atoms with Crippen molar-refractivity contribution in [1.82, 2.24) is 4.31 Å². The summed E-state index contributed by atoms with van der Waals surface area (Å²) in [6.07, 6.45) is 6.46. The first-order chi connectivity index (χ1) is 21.4. The van der Waals surface area contributed by atoms with Crippen LogP contribution in [0.4, 0.5) is 4.39 Å². The molecule has 44 heavy (non-hydrogen) atoms. The van der Waals surface area contributed by atoms with Crippen molar-refractivity contribution in [2.75, 3.05) is 0 Å². The van der Waals surface area contributed by atoms with E-state index >= 15 is 0 Å². The number of aryl methyl sites for hydroxylation is 1. The van der Waals surface area contributed by atoms with E-state index in [9.17, 15) is 12.8 Å². The summed E-state index contributed by atoms with van der Waals surface area (Å²) in [4.78, 5) is 0.278. The zero-order valence-electron chi connectivity index (χ0n) is 25.5. The van der Waals surface area contributed by atoms with Crippen LogP contribution in [0.3, 0.4) is 0 Å². The quantitative estimate of drug-likeness (QED) is 0.169. The topological polar surface area (TPSA) is 37.4 Å². The summed E-state index contributed by atoms with van der Waals surface area (Å²) >= 11 is 0. The number of hydrogen-bond acceptors (Lipinski definition) is 2. The summed E-state index contributed by atoms with van der Waals surface area (Å²) in [5.41, 5.74) is 8.54. The maximum Gasteiger partial charge on any atom is 0.264 e. The van der Waals surface area contributed by atoms with Crippen molar-refractivity contribution in [1.29, 1.82) is 0 Å². The maximum atomic E-state index is 14.8. The van der Waals surface area contributed by atoms with Crippen molar-refractivity contribution >= 4 is 15.6 Å². The fourth-order valence-electron chi connectivity index (χ4n) is 6.93. The molecule has 2 atom stereocenters. The number of nitrogens with zero attached hydrogens (tertiary/aromatic N) is 1. The van der Waals surface area contributed by atoms with Gasteiger partial charge in [-0.05, 0) is 90.3 Å². The van der Waals surface area contributed by atoms with Crippen LogP contribution in [0, 0.1) is 12.7 Å². The molecule has 0 saturated heterocycles. The first-order valence-corrected chi connectivity index (χ1v) is 17.2. The van der Waals surface area contributed by atoms with Gasteiger partial charge in [0, 0.05) is 5.92 Å². The lowest BCUT2D eigenvalue weighted by molar-refractivity contribution is 0.415. The Hall–Kier alpha value is -3.96. The van der Waals surface area contributed by atoms with Crippen molar-refractivity contribution in [2.24, 2.45) is 0 Å². The van der Waals surface area contributed by atoms with Crippen molar-refractivity contribution in [3.05, 3.63) is 154 Å². The molecule has 0 fully saturated rings. The Morgan fingerprint density at radius 1 is 0.750 bits per heavy atom. The summed E-state index contributed by atoms with van der Waals surface area (Å²) in [6, 6.07) is 34.2. The van der Waals surface area contributed by atoms with Gasteiger partial charge in [0.05, 0.1) is 16.6 Å². The molecular formula is C39H40FNO2S. The fraction of sp³-hybridized carbons (Fsp3) is 0.282. The van der Waals surface area contributed by atoms with E-state index in [1.165, 1.54) is 23.3 Å². The van der Waals surface area contributed by atoms with Gasteiger partial charge in [0.2, 0.25) is 0 Å². The molecule has 0 radical (unpaired) electrons. The molecule has 6 rings (SSSR count). The summed E-state index contributed by atoms with van der Waals surface area (Å²) in [7, 11) is -3.94. The molecule has 2 unspecified atom stereocenters. The number of hydrogen-bond donors (Lipinski definition) is 0. The van der Waals surface area contributed by atoms with E-state index < -0.39 is 16.1 Å². The third-order valence-corrected chi connectivity index (χ3v) is 10.9. The van der Waals surface area contributed by atoms with Crippen LogP contribution in [0.2, 0.25) is 0 Å². The molecule has 4 aromatic carbocycles. The van der Waals surface area contributed by atoms with E-state index in [-0.39, 0.29) is 16.6 Å². The third kappa shape index (κ3) is 5.90. The lowest BCUT2D eigenvalue weighted by Crippen LogP contribution is -2.32. The number of unbranched alkanes of at least 4 members (excludes halogenated alkanes) is 3. The van der Waals surface area contributed by atoms with Crippen LogP contribution in [-0.2, 0) is 10.0 Å². The minimum absolute atomic E-state index is 0.106. The van der Waals surface area contributed by atoms with Crippen LogP contribution in [0.5, 0.6) is 0 Å². The zero-order valence-corrected chi connectivity index (χ0v) is 26.4. The van der Waals surface area contributed by atoms with Gasteiger partial charge in [-0.2, -0.15) is 0 Å². The fourth-order valence-corrected chi connectivity index (χ4v) is 8.65. The van der Waals surface area contributed by atoms with Gasteiger partial charge in [-0.15, -0.1) is 0 Å². The average Bonchev–Trinajstić information content (AvgIpc) is 3.44. The van der Waals surface area contributed by atoms with Crippen LogP contribution in [-0.4, -0.2) is 12.7 Å². The number of rotatable bonds is 10. The van der Waals surface area contributed by atoms with Gasteiger partial charge < -0.3 is 0 Å². The first kappa shape index (κ1) is 30.1. The van der Waals surface area contributed by atoms with E-state index in [1.54, 1.807) is 28.6 Å². The standard InChI is InChI=1S/C39H40FNO2S/c1-3-4-5-12-17-35-38(31-15-10-7-11-16-31)36(29-13-8-6-9-14-29)26-32-27-37(30-20-22-33(40)23-21-30)41(39(32)35)44(42,43)34-24-18-28(2)19-25-34/h6-11,13-16,18-25,36-37H,3-5,12,17,26-27H2,1-2H3. The van der Waals surface area contributed by atoms with E-state index in [0.717, 1.165) is 72.1 Å². The van der Waals surface area contributed by atoms with Gasteiger partial charge in [-0.25, -0.2) is 12.8 Å². The molecule has 0 saturated carbocycles. The van der Waals surface area contributed by atoms with E-state index in [2.05, 4.69) is 55.5 Å². The molecular weight excluding hydrogens is 565 g/mol. The van der Waals surface area contributed by atoms with Gasteiger partial charge in [0.15, 0.2) is 0 Å². The molecule has 1 aliphatic carbocycles. The summed E-state index contributed by atoms with van der Waals surface area (Å²) in [6.45, 7) is 4.17. The Labute approximate surface area is 261 Å². The molecule has 0 aromatic heterocycles. The Bertz CT molecular complexity index is 1760. The third-order valence-electron chi connectivity index (χ3n) is 9.09. The Balaban J connectivity index is 1.59. The van der Waals surface area contributed by atoms with Gasteiger partial charge in [-0.1, -0.05) is 117 Å². The van der Waals surface area contributed by atoms with Gasteiger partial charge in [-0.3, -0.25) is 4.31 Å². The Morgan fingerprint density at radius 3 is 2.07 bits per heavy atom. The van der Waals surface area contributed by atoms with Gasteiger partial charge in [0.25, 0.3) is 10.0 Å². The van der Waals surface area contributed by atoms with Crippen molar-refractivity contribution in [3.63, 3.8) is 0 Å². The Morgan fingerprint density at radius 2 is 1.41 bits per heavy atom. The van der Waals surface area contributed by atoms with Gasteiger partial charge in [0.1, 0.15) is 5.82 Å². The van der Waals surface area contributed by atoms with E-state index in [0.29, 0.717) is 6.42 Å².